The molecule has 0 N–H and O–H groups in total. The van der Waals surface area contributed by atoms with Crippen molar-refractivity contribution in [3.05, 3.63) is 74.9 Å². The number of benzene rings is 2. The van der Waals surface area contributed by atoms with Gasteiger partial charge in [-0.3, -0.25) is 9.59 Å². The van der Waals surface area contributed by atoms with Crippen LogP contribution in [0, 0.1) is 6.92 Å². The lowest BCUT2D eigenvalue weighted by molar-refractivity contribution is 0.0971. The molecule has 4 aromatic rings. The molecule has 0 atom stereocenters. The predicted octanol–water partition coefficient (Wildman–Crippen LogP) is 3.90. The van der Waals surface area contributed by atoms with Crippen molar-refractivity contribution in [3.8, 4) is 0 Å². The van der Waals surface area contributed by atoms with Gasteiger partial charge < -0.3 is 13.7 Å². The van der Waals surface area contributed by atoms with E-state index < -0.39 is 5.91 Å². The predicted molar refractivity (Wildman–Crippen MR) is 113 cm³/mol. The Kier molecular flexibility index (Phi) is 5.42. The molecule has 0 aliphatic rings. The maximum Gasteiger partial charge on any atom is 0.315 e. The van der Waals surface area contributed by atoms with Crippen molar-refractivity contribution in [1.82, 2.24) is 4.57 Å². The third-order valence-corrected chi connectivity index (χ3v) is 5.59. The van der Waals surface area contributed by atoms with Crippen LogP contribution >= 0.6 is 11.3 Å². The van der Waals surface area contributed by atoms with E-state index in [1.807, 2.05) is 30.5 Å². The van der Waals surface area contributed by atoms with Gasteiger partial charge >= 0.3 is 5.91 Å². The van der Waals surface area contributed by atoms with Gasteiger partial charge in [0.1, 0.15) is 5.58 Å². The summed E-state index contributed by atoms with van der Waals surface area (Å²) in [4.78, 5) is 29.9. The number of fused-ring (bicyclic) bond motifs is 2. The van der Waals surface area contributed by atoms with Crippen LogP contribution in [0.25, 0.3) is 21.2 Å². The lowest BCUT2D eigenvalue weighted by atomic mass is 10.2. The number of rotatable bonds is 5. The number of aryl methyl sites for hydroxylation is 1. The van der Waals surface area contributed by atoms with Crippen molar-refractivity contribution in [2.45, 2.75) is 20.4 Å². The van der Waals surface area contributed by atoms with E-state index >= 15 is 0 Å². The first-order chi connectivity index (χ1) is 14.1. The summed E-state index contributed by atoms with van der Waals surface area (Å²) in [5.74, 6) is -0.653. The van der Waals surface area contributed by atoms with Gasteiger partial charge in [-0.1, -0.05) is 29.5 Å². The van der Waals surface area contributed by atoms with E-state index in [4.69, 9.17) is 9.15 Å². The summed E-state index contributed by atoms with van der Waals surface area (Å²) in [5, 5.41) is 0.438. The number of amides is 1. The molecule has 0 fully saturated rings. The van der Waals surface area contributed by atoms with E-state index in [1.165, 1.54) is 17.4 Å². The van der Waals surface area contributed by atoms with Gasteiger partial charge in [0.05, 0.1) is 22.2 Å². The molecule has 0 unspecified atom stereocenters. The smallest absolute Gasteiger partial charge is 0.315 e. The third kappa shape index (κ3) is 3.92. The van der Waals surface area contributed by atoms with Gasteiger partial charge in [-0.05, 0) is 43.7 Å². The quantitative estimate of drug-likeness (QED) is 0.470. The van der Waals surface area contributed by atoms with Crippen molar-refractivity contribution in [1.29, 1.82) is 0 Å². The lowest BCUT2D eigenvalue weighted by Gasteiger charge is -2.05. The van der Waals surface area contributed by atoms with E-state index in [-0.39, 0.29) is 11.2 Å². The molecular formula is C22H20N2O4S. The minimum Gasteiger partial charge on any atom is -0.451 e. The molecule has 1 amide bonds. The van der Waals surface area contributed by atoms with Gasteiger partial charge in [0.25, 0.3) is 0 Å². The lowest BCUT2D eigenvalue weighted by Crippen LogP contribution is -2.20. The van der Waals surface area contributed by atoms with E-state index in [9.17, 15) is 9.59 Å². The van der Waals surface area contributed by atoms with Gasteiger partial charge in [0.15, 0.2) is 16.0 Å². The maximum absolute atomic E-state index is 12.8. The molecule has 29 heavy (non-hydrogen) atoms. The maximum atomic E-state index is 12.8. The van der Waals surface area contributed by atoms with Crippen LogP contribution in [0.15, 0.2) is 62.7 Å². The number of para-hydroxylation sites is 1. The van der Waals surface area contributed by atoms with Crippen LogP contribution in [0.1, 0.15) is 23.0 Å². The molecule has 6 nitrogen and oxygen atoms in total. The van der Waals surface area contributed by atoms with E-state index in [0.29, 0.717) is 35.5 Å². The Morgan fingerprint density at radius 2 is 2.03 bits per heavy atom. The number of ether oxygens (including phenoxy) is 1. The highest BCUT2D eigenvalue weighted by Gasteiger charge is 2.13. The van der Waals surface area contributed by atoms with Crippen molar-refractivity contribution in [3.63, 3.8) is 0 Å². The molecule has 0 radical (unpaired) electrons. The normalized spacial score (nSPS) is 12.1. The van der Waals surface area contributed by atoms with Crippen molar-refractivity contribution in [2.75, 3.05) is 13.2 Å². The first-order valence-corrected chi connectivity index (χ1v) is 10.2. The number of aromatic nitrogens is 1. The molecule has 2 heterocycles. The van der Waals surface area contributed by atoms with Gasteiger partial charge in [0.2, 0.25) is 0 Å². The molecule has 0 bridgehead atoms. The van der Waals surface area contributed by atoms with Crippen LogP contribution in [0.2, 0.25) is 0 Å². The average Bonchev–Trinajstić information content (AvgIpc) is 3.04. The molecule has 2 aromatic carbocycles. The number of hydrogen-bond acceptors (Lipinski definition) is 5. The summed E-state index contributed by atoms with van der Waals surface area (Å²) in [6, 6.07) is 14.2. The van der Waals surface area contributed by atoms with Crippen LogP contribution in [-0.4, -0.2) is 23.7 Å². The highest BCUT2D eigenvalue weighted by Crippen LogP contribution is 2.19. The Hall–Kier alpha value is -3.03. The molecule has 0 spiro atoms. The summed E-state index contributed by atoms with van der Waals surface area (Å²) < 4.78 is 14.1. The van der Waals surface area contributed by atoms with E-state index in [0.717, 1.165) is 15.8 Å². The highest BCUT2D eigenvalue weighted by atomic mass is 32.1. The van der Waals surface area contributed by atoms with Crippen molar-refractivity contribution in [2.24, 2.45) is 4.99 Å². The molecule has 0 aliphatic heterocycles. The standard InChI is InChI=1S/C22H20N2O4S/c1-3-27-11-10-24-16-9-8-14(2)12-20(16)29-22(24)23-21(26)19-13-17(25)15-6-4-5-7-18(15)28-19/h4-9,12-13H,3,10-11H2,1-2H3. The third-order valence-electron chi connectivity index (χ3n) is 4.54. The van der Waals surface area contributed by atoms with Crippen LogP contribution in [0.5, 0.6) is 0 Å². The summed E-state index contributed by atoms with van der Waals surface area (Å²) >= 11 is 1.43. The second-order valence-corrected chi connectivity index (χ2v) is 7.60. The number of thiazole rings is 1. The first-order valence-electron chi connectivity index (χ1n) is 9.36. The minimum atomic E-state index is -0.582. The number of carbonyl (C=O) groups is 1. The zero-order valence-corrected chi connectivity index (χ0v) is 17.0. The second-order valence-electron chi connectivity index (χ2n) is 6.59. The van der Waals surface area contributed by atoms with Crippen molar-refractivity contribution < 1.29 is 13.9 Å². The summed E-state index contributed by atoms with van der Waals surface area (Å²) in [6.45, 7) is 5.68. The highest BCUT2D eigenvalue weighted by molar-refractivity contribution is 7.16. The zero-order valence-electron chi connectivity index (χ0n) is 16.2. The van der Waals surface area contributed by atoms with Gasteiger partial charge in [-0.2, -0.15) is 4.99 Å². The molecule has 0 saturated heterocycles. The average molecular weight is 408 g/mol. The topological polar surface area (TPSA) is 73.8 Å². The fraction of sp³-hybridized carbons (Fsp3) is 0.227. The Labute approximate surface area is 170 Å². The zero-order chi connectivity index (χ0) is 20.4. The SMILES string of the molecule is CCOCCn1c(=NC(=O)c2cc(=O)c3ccccc3o2)sc2cc(C)ccc21. The fourth-order valence-electron chi connectivity index (χ4n) is 3.13. The number of carbonyl (C=O) groups excluding carboxylic acids is 1. The monoisotopic (exact) mass is 408 g/mol. The fourth-order valence-corrected chi connectivity index (χ4v) is 4.29. The first kappa shape index (κ1) is 19.3. The summed E-state index contributed by atoms with van der Waals surface area (Å²) in [6.07, 6.45) is 0. The Bertz CT molecular complexity index is 1330. The molecule has 4 rings (SSSR count). The summed E-state index contributed by atoms with van der Waals surface area (Å²) in [7, 11) is 0. The summed E-state index contributed by atoms with van der Waals surface area (Å²) in [5.41, 5.74) is 2.23. The van der Waals surface area contributed by atoms with E-state index in [2.05, 4.69) is 11.1 Å². The van der Waals surface area contributed by atoms with Crippen LogP contribution in [-0.2, 0) is 11.3 Å². The minimum absolute atomic E-state index is 0.0707. The molecule has 2 aromatic heterocycles. The van der Waals surface area contributed by atoms with E-state index in [1.54, 1.807) is 24.3 Å². The Balaban J connectivity index is 1.81. The van der Waals surface area contributed by atoms with Gasteiger partial charge in [-0.25, -0.2) is 0 Å². The number of nitrogens with zero attached hydrogens (tertiary/aromatic N) is 2. The Morgan fingerprint density at radius 3 is 2.86 bits per heavy atom. The van der Waals surface area contributed by atoms with Crippen LogP contribution in [0.4, 0.5) is 0 Å². The Morgan fingerprint density at radius 1 is 1.21 bits per heavy atom. The van der Waals surface area contributed by atoms with Gasteiger partial charge in [0, 0.05) is 19.2 Å². The molecule has 0 aliphatic carbocycles. The molecule has 148 valence electrons. The number of hydrogen-bond donors (Lipinski definition) is 0. The molecule has 7 heteroatoms. The largest absolute Gasteiger partial charge is 0.451 e. The van der Waals surface area contributed by atoms with Gasteiger partial charge in [-0.15, -0.1) is 0 Å². The second kappa shape index (κ2) is 8.14. The van der Waals surface area contributed by atoms with Crippen LogP contribution in [0.3, 0.4) is 0 Å². The molecule has 0 saturated carbocycles. The molecular weight excluding hydrogens is 388 g/mol. The van der Waals surface area contributed by atoms with Crippen LogP contribution < -0.4 is 10.2 Å². The van der Waals surface area contributed by atoms with Crippen molar-refractivity contribution >= 4 is 38.4 Å².